The van der Waals surface area contributed by atoms with Gasteiger partial charge in [-0.2, -0.15) is 0 Å². The van der Waals surface area contributed by atoms with Crippen LogP contribution < -0.4 is 0 Å². The fourth-order valence-corrected chi connectivity index (χ4v) is 1.53. The summed E-state index contributed by atoms with van der Waals surface area (Å²) in [7, 11) is 1.30. The van der Waals surface area contributed by atoms with Crippen LogP contribution in [-0.4, -0.2) is 65.7 Å². The first-order chi connectivity index (χ1) is 8.01. The van der Waals surface area contributed by atoms with Gasteiger partial charge in [0, 0.05) is 13.5 Å². The lowest BCUT2D eigenvalue weighted by atomic mass is 9.99. The van der Waals surface area contributed by atoms with Gasteiger partial charge < -0.3 is 29.5 Å². The molecule has 7 nitrogen and oxygen atoms in total. The second-order valence-electron chi connectivity index (χ2n) is 3.79. The van der Waals surface area contributed by atoms with Crippen molar-refractivity contribution in [3.8, 4) is 0 Å². The van der Waals surface area contributed by atoms with E-state index in [2.05, 4.69) is 0 Å². The third-order valence-electron chi connectivity index (χ3n) is 2.60. The van der Waals surface area contributed by atoms with Gasteiger partial charge in [-0.1, -0.05) is 6.92 Å². The highest BCUT2D eigenvalue weighted by Gasteiger charge is 2.44. The largest absolute Gasteiger partial charge is 0.463 e. The molecule has 0 saturated carbocycles. The van der Waals surface area contributed by atoms with E-state index in [-0.39, 0.29) is 13.0 Å². The molecule has 1 rings (SSSR count). The van der Waals surface area contributed by atoms with Gasteiger partial charge in [-0.15, -0.1) is 0 Å². The first kappa shape index (κ1) is 14.3. The number of esters is 1. The molecule has 0 bridgehead atoms. The van der Waals surface area contributed by atoms with Gasteiger partial charge >= 0.3 is 5.97 Å². The number of rotatable bonds is 4. The van der Waals surface area contributed by atoms with Gasteiger partial charge in [-0.3, -0.25) is 4.79 Å². The van der Waals surface area contributed by atoms with Crippen molar-refractivity contribution in [2.45, 2.75) is 44.1 Å². The van der Waals surface area contributed by atoms with Gasteiger partial charge in [0.15, 0.2) is 6.29 Å². The summed E-state index contributed by atoms with van der Waals surface area (Å²) in [4.78, 5) is 11.0. The minimum absolute atomic E-state index is 0.197. The third kappa shape index (κ3) is 3.36. The van der Waals surface area contributed by atoms with Gasteiger partial charge in [-0.25, -0.2) is 0 Å². The molecule has 1 heterocycles. The summed E-state index contributed by atoms with van der Waals surface area (Å²) in [6, 6.07) is 0. The quantitative estimate of drug-likeness (QED) is 0.516. The fourth-order valence-electron chi connectivity index (χ4n) is 1.53. The Balaban J connectivity index is 2.56. The molecule has 0 spiro atoms. The molecular weight excluding hydrogens is 232 g/mol. The molecule has 5 atom stereocenters. The zero-order valence-electron chi connectivity index (χ0n) is 9.78. The fraction of sp³-hybridized carbons (Fsp3) is 0.900. The SMILES string of the molecule is CCC(=O)OC[C@H]1O[C@H](OC)[C@H](O)[C@@H](O)[C@H]1O. The van der Waals surface area contributed by atoms with Crippen LogP contribution >= 0.6 is 0 Å². The molecule has 0 aromatic heterocycles. The van der Waals surface area contributed by atoms with Crippen molar-refractivity contribution < 1.29 is 34.3 Å². The van der Waals surface area contributed by atoms with E-state index in [9.17, 15) is 20.1 Å². The zero-order chi connectivity index (χ0) is 13.0. The van der Waals surface area contributed by atoms with Crippen LogP contribution in [0.15, 0.2) is 0 Å². The van der Waals surface area contributed by atoms with Gasteiger partial charge in [0.25, 0.3) is 0 Å². The van der Waals surface area contributed by atoms with Crippen molar-refractivity contribution in [1.29, 1.82) is 0 Å². The second-order valence-corrected chi connectivity index (χ2v) is 3.79. The highest BCUT2D eigenvalue weighted by Crippen LogP contribution is 2.21. The molecule has 0 aromatic carbocycles. The van der Waals surface area contributed by atoms with E-state index in [4.69, 9.17) is 14.2 Å². The summed E-state index contributed by atoms with van der Waals surface area (Å²) >= 11 is 0. The van der Waals surface area contributed by atoms with Crippen LogP contribution in [0.1, 0.15) is 13.3 Å². The minimum atomic E-state index is -1.40. The number of hydrogen-bond acceptors (Lipinski definition) is 7. The van der Waals surface area contributed by atoms with Crippen molar-refractivity contribution in [1.82, 2.24) is 0 Å². The molecule has 1 aliphatic heterocycles. The summed E-state index contributed by atoms with van der Waals surface area (Å²) < 4.78 is 14.8. The predicted octanol–water partition coefficient (Wildman–Crippen LogP) is -1.61. The summed E-state index contributed by atoms with van der Waals surface area (Å²) in [5.41, 5.74) is 0. The molecule has 100 valence electrons. The van der Waals surface area contributed by atoms with Crippen molar-refractivity contribution in [2.75, 3.05) is 13.7 Å². The maximum Gasteiger partial charge on any atom is 0.305 e. The molecule has 0 aliphatic carbocycles. The summed E-state index contributed by atoms with van der Waals surface area (Å²) in [5.74, 6) is -0.435. The number of carbonyl (C=O) groups is 1. The lowest BCUT2D eigenvalue weighted by molar-refractivity contribution is -0.295. The summed E-state index contributed by atoms with van der Waals surface area (Å²) in [6.07, 6.45) is -5.84. The van der Waals surface area contributed by atoms with Crippen LogP contribution in [0.2, 0.25) is 0 Å². The van der Waals surface area contributed by atoms with Crippen LogP contribution in [0.3, 0.4) is 0 Å². The van der Waals surface area contributed by atoms with E-state index in [1.807, 2.05) is 0 Å². The number of aliphatic hydroxyl groups excluding tert-OH is 3. The molecule has 0 aromatic rings. The minimum Gasteiger partial charge on any atom is -0.463 e. The van der Waals surface area contributed by atoms with E-state index in [1.54, 1.807) is 6.92 Å². The number of methoxy groups -OCH3 is 1. The number of ether oxygens (including phenoxy) is 3. The Morgan fingerprint density at radius 3 is 2.41 bits per heavy atom. The Morgan fingerprint density at radius 1 is 1.24 bits per heavy atom. The monoisotopic (exact) mass is 250 g/mol. The lowest BCUT2D eigenvalue weighted by Crippen LogP contribution is -2.59. The Bertz CT molecular complexity index is 255. The summed E-state index contributed by atoms with van der Waals surface area (Å²) in [6.45, 7) is 1.44. The number of carbonyl (C=O) groups excluding carboxylic acids is 1. The van der Waals surface area contributed by atoms with Crippen molar-refractivity contribution in [3.05, 3.63) is 0 Å². The molecule has 1 aliphatic rings. The van der Waals surface area contributed by atoms with E-state index in [0.717, 1.165) is 0 Å². The molecule has 17 heavy (non-hydrogen) atoms. The van der Waals surface area contributed by atoms with Crippen LogP contribution in [0, 0.1) is 0 Å². The Kier molecular flexibility index (Phi) is 5.29. The van der Waals surface area contributed by atoms with Gasteiger partial charge in [-0.05, 0) is 0 Å². The van der Waals surface area contributed by atoms with Crippen LogP contribution in [0.4, 0.5) is 0 Å². The normalized spacial score (nSPS) is 37.8. The van der Waals surface area contributed by atoms with Crippen LogP contribution in [0.5, 0.6) is 0 Å². The predicted molar refractivity (Wildman–Crippen MR) is 54.9 cm³/mol. The molecule has 0 amide bonds. The average Bonchev–Trinajstić information content (AvgIpc) is 2.34. The number of hydrogen-bond donors (Lipinski definition) is 3. The first-order valence-corrected chi connectivity index (χ1v) is 5.39. The first-order valence-electron chi connectivity index (χ1n) is 5.39. The van der Waals surface area contributed by atoms with E-state index in [0.29, 0.717) is 0 Å². The molecule has 0 unspecified atom stereocenters. The molecule has 3 N–H and O–H groups in total. The Hall–Kier alpha value is -0.730. The van der Waals surface area contributed by atoms with Gasteiger partial charge in [0.1, 0.15) is 31.0 Å². The highest BCUT2D eigenvalue weighted by molar-refractivity contribution is 5.68. The van der Waals surface area contributed by atoms with Crippen molar-refractivity contribution >= 4 is 5.97 Å². The lowest BCUT2D eigenvalue weighted by Gasteiger charge is -2.39. The molecule has 0 radical (unpaired) electrons. The van der Waals surface area contributed by atoms with E-state index < -0.39 is 36.7 Å². The van der Waals surface area contributed by atoms with Crippen LogP contribution in [0.25, 0.3) is 0 Å². The second kappa shape index (κ2) is 6.27. The van der Waals surface area contributed by atoms with Gasteiger partial charge in [0.2, 0.25) is 0 Å². The van der Waals surface area contributed by atoms with E-state index in [1.165, 1.54) is 7.11 Å². The van der Waals surface area contributed by atoms with Crippen molar-refractivity contribution in [3.63, 3.8) is 0 Å². The standard InChI is InChI=1S/C10H18O7/c1-3-6(11)16-4-5-7(12)8(13)9(14)10(15-2)17-5/h5,7-10,12-14H,3-4H2,1-2H3/t5-,7+,8+,9-,10+/m1/s1. The maximum atomic E-state index is 11.0. The Morgan fingerprint density at radius 2 is 1.88 bits per heavy atom. The average molecular weight is 250 g/mol. The van der Waals surface area contributed by atoms with Gasteiger partial charge in [0.05, 0.1) is 0 Å². The third-order valence-corrected chi connectivity index (χ3v) is 2.60. The molecule has 1 fully saturated rings. The van der Waals surface area contributed by atoms with Crippen LogP contribution in [-0.2, 0) is 19.0 Å². The topological polar surface area (TPSA) is 105 Å². The highest BCUT2D eigenvalue weighted by atomic mass is 16.7. The molecular formula is C10H18O7. The molecule has 1 saturated heterocycles. The number of aliphatic hydroxyl groups is 3. The smallest absolute Gasteiger partial charge is 0.305 e. The molecule has 7 heteroatoms. The van der Waals surface area contributed by atoms with E-state index >= 15 is 0 Å². The van der Waals surface area contributed by atoms with Crippen molar-refractivity contribution in [2.24, 2.45) is 0 Å². The zero-order valence-corrected chi connectivity index (χ0v) is 9.78. The summed E-state index contributed by atoms with van der Waals surface area (Å²) in [5, 5.41) is 28.6. The maximum absolute atomic E-state index is 11.0. The Labute approximate surface area is 98.9 Å².